The molecule has 0 aromatic heterocycles. The van der Waals surface area contributed by atoms with Gasteiger partial charge in [0.25, 0.3) is 0 Å². The molecule has 0 aliphatic carbocycles. The molecule has 0 aromatic carbocycles. The van der Waals surface area contributed by atoms with Crippen LogP contribution in [0.5, 0.6) is 0 Å². The van der Waals surface area contributed by atoms with Crippen molar-refractivity contribution in [3.8, 4) is 0 Å². The molecule has 0 spiro atoms. The number of thiol groups is 1. The summed E-state index contributed by atoms with van der Waals surface area (Å²) >= 11 is 3.93. The van der Waals surface area contributed by atoms with Gasteiger partial charge in [-0.25, -0.2) is 0 Å². The topological polar surface area (TPSA) is 12.0 Å². The first-order valence-corrected chi connectivity index (χ1v) is 2.98. The second-order valence-corrected chi connectivity index (χ2v) is 2.57. The molecule has 0 saturated heterocycles. The minimum Gasteiger partial charge on any atom is -0.261 e. The smallest absolute Gasteiger partial charge is 0.0221 e. The zero-order valence-electron chi connectivity index (χ0n) is 5.15. The van der Waals surface area contributed by atoms with Crippen LogP contribution in [0.3, 0.4) is 0 Å². The normalized spacial score (nSPS) is 12.0. The van der Waals surface area contributed by atoms with Gasteiger partial charge in [-0.3, -0.25) is 4.72 Å². The fourth-order valence-electron chi connectivity index (χ4n) is 0.0791. The Morgan fingerprint density at radius 2 is 2.00 bits per heavy atom. The summed E-state index contributed by atoms with van der Waals surface area (Å²) in [5, 5.41) is 0. The van der Waals surface area contributed by atoms with Gasteiger partial charge in [0, 0.05) is 5.54 Å². The maximum Gasteiger partial charge on any atom is 0.0221 e. The first-order chi connectivity index (χ1) is 3.12. The van der Waals surface area contributed by atoms with Crippen molar-refractivity contribution in [3.05, 3.63) is 0 Å². The average Bonchev–Trinajstić information content (AvgIpc) is 1.68. The van der Waals surface area contributed by atoms with E-state index in [-0.39, 0.29) is 5.54 Å². The Bertz CT molecular complexity index is 46.0. The molecule has 1 nitrogen and oxygen atoms in total. The summed E-state index contributed by atoms with van der Waals surface area (Å²) in [6.45, 7) is 6.35. The van der Waals surface area contributed by atoms with E-state index < -0.39 is 0 Å². The quantitative estimate of drug-likeness (QED) is 0.526. The highest BCUT2D eigenvalue weighted by Gasteiger charge is 2.09. The van der Waals surface area contributed by atoms with Gasteiger partial charge in [0.15, 0.2) is 0 Å². The molecule has 0 radical (unpaired) electrons. The van der Waals surface area contributed by atoms with E-state index in [1.807, 2.05) is 0 Å². The molecule has 0 aliphatic rings. The standard InChI is InChI=1S/C5H13NS/c1-4-5(2,3)6-7/h6-7H,4H2,1-3H3. The Kier molecular flexibility index (Phi) is 2.69. The molecule has 44 valence electrons. The number of hydrogen-bond acceptors (Lipinski definition) is 2. The van der Waals surface area contributed by atoms with Crippen LogP contribution in [-0.2, 0) is 0 Å². The molecule has 0 bridgehead atoms. The Morgan fingerprint density at radius 1 is 1.57 bits per heavy atom. The lowest BCUT2D eigenvalue weighted by atomic mass is 10.0. The second kappa shape index (κ2) is 2.58. The average molecular weight is 119 g/mol. The van der Waals surface area contributed by atoms with Crippen LogP contribution in [0.15, 0.2) is 0 Å². The molecular formula is C5H13NS. The molecule has 7 heavy (non-hydrogen) atoms. The molecule has 0 unspecified atom stereocenters. The van der Waals surface area contributed by atoms with Gasteiger partial charge in [0.2, 0.25) is 0 Å². The van der Waals surface area contributed by atoms with Crippen LogP contribution >= 0.6 is 12.8 Å². The summed E-state index contributed by atoms with van der Waals surface area (Å²) in [6.07, 6.45) is 1.11. The van der Waals surface area contributed by atoms with E-state index >= 15 is 0 Å². The van der Waals surface area contributed by atoms with Crippen molar-refractivity contribution in [3.63, 3.8) is 0 Å². The van der Waals surface area contributed by atoms with Crippen LogP contribution < -0.4 is 4.72 Å². The van der Waals surface area contributed by atoms with Gasteiger partial charge in [-0.05, 0) is 20.3 Å². The third-order valence-corrected chi connectivity index (χ3v) is 1.79. The van der Waals surface area contributed by atoms with E-state index in [9.17, 15) is 0 Å². The zero-order valence-corrected chi connectivity index (χ0v) is 6.05. The molecular weight excluding hydrogens is 106 g/mol. The largest absolute Gasteiger partial charge is 0.261 e. The summed E-state index contributed by atoms with van der Waals surface area (Å²) in [6, 6.07) is 0. The Hall–Kier alpha value is 0.310. The minimum atomic E-state index is 0.198. The number of hydrogen-bond donors (Lipinski definition) is 2. The Balaban J connectivity index is 3.36. The summed E-state index contributed by atoms with van der Waals surface area (Å²) in [5.74, 6) is 0. The lowest BCUT2D eigenvalue weighted by molar-refractivity contribution is 0.467. The fraction of sp³-hybridized carbons (Fsp3) is 1.00. The van der Waals surface area contributed by atoms with Gasteiger partial charge in [0.05, 0.1) is 0 Å². The lowest BCUT2D eigenvalue weighted by Gasteiger charge is -2.19. The molecule has 1 N–H and O–H groups in total. The third kappa shape index (κ3) is 2.94. The maximum absolute atomic E-state index is 3.93. The van der Waals surface area contributed by atoms with E-state index in [4.69, 9.17) is 0 Å². The third-order valence-electron chi connectivity index (χ3n) is 1.19. The zero-order chi connectivity index (χ0) is 5.91. The molecule has 0 rings (SSSR count). The highest BCUT2D eigenvalue weighted by molar-refractivity contribution is 7.78. The van der Waals surface area contributed by atoms with E-state index in [2.05, 4.69) is 38.3 Å². The van der Waals surface area contributed by atoms with E-state index in [1.54, 1.807) is 0 Å². The first kappa shape index (κ1) is 7.31. The molecule has 0 atom stereocenters. The Morgan fingerprint density at radius 3 is 2.00 bits per heavy atom. The maximum atomic E-state index is 3.93. The monoisotopic (exact) mass is 119 g/mol. The minimum absolute atomic E-state index is 0.198. The van der Waals surface area contributed by atoms with Crippen LogP contribution in [0.2, 0.25) is 0 Å². The van der Waals surface area contributed by atoms with Crippen molar-refractivity contribution in [2.75, 3.05) is 0 Å². The van der Waals surface area contributed by atoms with Crippen LogP contribution in [0.4, 0.5) is 0 Å². The molecule has 0 saturated carbocycles. The van der Waals surface area contributed by atoms with E-state index in [1.165, 1.54) is 0 Å². The summed E-state index contributed by atoms with van der Waals surface area (Å²) < 4.78 is 2.89. The fourth-order valence-corrected chi connectivity index (χ4v) is 0.237. The van der Waals surface area contributed by atoms with E-state index in [0.29, 0.717) is 0 Å². The predicted molar refractivity (Wildman–Crippen MR) is 36.5 cm³/mol. The Labute approximate surface area is 51.0 Å². The second-order valence-electron chi connectivity index (χ2n) is 2.35. The van der Waals surface area contributed by atoms with Gasteiger partial charge in [-0.15, -0.1) is 0 Å². The molecule has 0 fully saturated rings. The molecule has 0 aromatic rings. The van der Waals surface area contributed by atoms with Crippen molar-refractivity contribution >= 4 is 12.8 Å². The first-order valence-electron chi connectivity index (χ1n) is 2.53. The molecule has 0 amide bonds. The molecule has 0 aliphatic heterocycles. The van der Waals surface area contributed by atoms with Gasteiger partial charge in [-0.2, -0.15) is 0 Å². The van der Waals surface area contributed by atoms with Gasteiger partial charge >= 0.3 is 0 Å². The number of rotatable bonds is 2. The SMILES string of the molecule is CCC(C)(C)NS. The van der Waals surface area contributed by atoms with Crippen molar-refractivity contribution in [1.29, 1.82) is 0 Å². The van der Waals surface area contributed by atoms with Crippen LogP contribution in [0, 0.1) is 0 Å². The molecule has 2 heteroatoms. The van der Waals surface area contributed by atoms with Crippen molar-refractivity contribution in [2.24, 2.45) is 0 Å². The van der Waals surface area contributed by atoms with Crippen molar-refractivity contribution in [2.45, 2.75) is 32.7 Å². The van der Waals surface area contributed by atoms with Crippen LogP contribution in [0.1, 0.15) is 27.2 Å². The van der Waals surface area contributed by atoms with Gasteiger partial charge in [-0.1, -0.05) is 19.7 Å². The van der Waals surface area contributed by atoms with Crippen LogP contribution in [-0.4, -0.2) is 5.54 Å². The van der Waals surface area contributed by atoms with Crippen molar-refractivity contribution in [1.82, 2.24) is 4.72 Å². The van der Waals surface area contributed by atoms with Crippen molar-refractivity contribution < 1.29 is 0 Å². The highest BCUT2D eigenvalue weighted by Crippen LogP contribution is 2.06. The van der Waals surface area contributed by atoms with E-state index in [0.717, 1.165) is 6.42 Å². The van der Waals surface area contributed by atoms with Gasteiger partial charge in [0.1, 0.15) is 0 Å². The number of nitrogens with one attached hydrogen (secondary N) is 1. The summed E-state index contributed by atoms with van der Waals surface area (Å²) in [5.41, 5.74) is 0.198. The van der Waals surface area contributed by atoms with Crippen LogP contribution in [0.25, 0.3) is 0 Å². The summed E-state index contributed by atoms with van der Waals surface area (Å²) in [4.78, 5) is 0. The highest BCUT2D eigenvalue weighted by atomic mass is 32.1. The van der Waals surface area contributed by atoms with Gasteiger partial charge < -0.3 is 0 Å². The lowest BCUT2D eigenvalue weighted by Crippen LogP contribution is -2.30. The summed E-state index contributed by atoms with van der Waals surface area (Å²) in [7, 11) is 0. The molecule has 0 heterocycles. The predicted octanol–water partition coefficient (Wildman–Crippen LogP) is 1.61.